The Labute approximate surface area is 88.9 Å². The van der Waals surface area contributed by atoms with E-state index in [9.17, 15) is 4.79 Å². The molecule has 15 heavy (non-hydrogen) atoms. The van der Waals surface area contributed by atoms with Crippen LogP contribution in [-0.2, 0) is 0 Å². The summed E-state index contributed by atoms with van der Waals surface area (Å²) in [4.78, 5) is 11.5. The van der Waals surface area contributed by atoms with Gasteiger partial charge in [0.05, 0.1) is 13.2 Å². The lowest BCUT2D eigenvalue weighted by molar-refractivity contribution is 0.0923. The van der Waals surface area contributed by atoms with Crippen LogP contribution in [-0.4, -0.2) is 30.8 Å². The minimum absolute atomic E-state index is 0.213. The number of carbonyl (C=O) groups excluding carboxylic acids is 1. The van der Waals surface area contributed by atoms with Gasteiger partial charge in [-0.15, -0.1) is 0 Å². The Morgan fingerprint density at radius 3 is 2.93 bits per heavy atom. The van der Waals surface area contributed by atoms with Crippen molar-refractivity contribution in [2.45, 2.75) is 13.0 Å². The molecule has 0 aliphatic rings. The van der Waals surface area contributed by atoms with Gasteiger partial charge >= 0.3 is 0 Å². The number of carbonyl (C=O) groups is 1. The lowest BCUT2D eigenvalue weighted by atomic mass is 10.2. The third kappa shape index (κ3) is 3.59. The molecule has 0 saturated carbocycles. The first-order valence-electron chi connectivity index (χ1n) is 4.74. The number of ether oxygens (including phenoxy) is 1. The van der Waals surface area contributed by atoms with E-state index in [0.717, 1.165) is 0 Å². The summed E-state index contributed by atoms with van der Waals surface area (Å²) in [5.74, 6) is 0.425. The second-order valence-electron chi connectivity index (χ2n) is 3.29. The fourth-order valence-electron chi connectivity index (χ4n) is 1.11. The third-order valence-electron chi connectivity index (χ3n) is 1.89. The van der Waals surface area contributed by atoms with Gasteiger partial charge in [0.15, 0.2) is 0 Å². The fraction of sp³-hybridized carbons (Fsp3) is 0.364. The molecule has 1 rings (SSSR count). The van der Waals surface area contributed by atoms with Crippen LogP contribution in [0.2, 0.25) is 0 Å². The molecular formula is C11H15NO3. The van der Waals surface area contributed by atoms with Crippen molar-refractivity contribution in [3.05, 3.63) is 29.8 Å². The predicted molar refractivity (Wildman–Crippen MR) is 57.0 cm³/mol. The van der Waals surface area contributed by atoms with Gasteiger partial charge in [-0.05, 0) is 25.1 Å². The van der Waals surface area contributed by atoms with Gasteiger partial charge in [0, 0.05) is 12.1 Å². The van der Waals surface area contributed by atoms with E-state index >= 15 is 0 Å². The molecule has 1 atom stereocenters. The Kier molecular flexibility index (Phi) is 4.12. The van der Waals surface area contributed by atoms with E-state index in [4.69, 9.17) is 9.84 Å². The molecule has 1 amide bonds. The lowest BCUT2D eigenvalue weighted by Gasteiger charge is -2.07. The van der Waals surface area contributed by atoms with E-state index in [1.165, 1.54) is 0 Å². The SMILES string of the molecule is COc1cccc(C(=O)NCC(C)O)c1. The summed E-state index contributed by atoms with van der Waals surface area (Å²) in [5, 5.41) is 11.6. The monoisotopic (exact) mass is 209 g/mol. The number of hydrogen-bond donors (Lipinski definition) is 2. The van der Waals surface area contributed by atoms with Crippen molar-refractivity contribution in [2.75, 3.05) is 13.7 Å². The largest absolute Gasteiger partial charge is 0.497 e. The summed E-state index contributed by atoms with van der Waals surface area (Å²) in [7, 11) is 1.55. The molecule has 82 valence electrons. The maximum absolute atomic E-state index is 11.5. The van der Waals surface area contributed by atoms with Crippen molar-refractivity contribution in [1.29, 1.82) is 0 Å². The van der Waals surface area contributed by atoms with Crippen LogP contribution in [0.4, 0.5) is 0 Å². The number of aliphatic hydroxyl groups is 1. The molecule has 0 aliphatic carbocycles. The van der Waals surface area contributed by atoms with Crippen LogP contribution in [0.5, 0.6) is 5.75 Å². The number of benzene rings is 1. The Morgan fingerprint density at radius 1 is 1.60 bits per heavy atom. The minimum atomic E-state index is -0.542. The standard InChI is InChI=1S/C11H15NO3/c1-8(13)7-12-11(14)9-4-3-5-10(6-9)15-2/h3-6,8,13H,7H2,1-2H3,(H,12,14). The van der Waals surface area contributed by atoms with Crippen molar-refractivity contribution in [3.8, 4) is 5.75 Å². The molecular weight excluding hydrogens is 194 g/mol. The summed E-state index contributed by atoms with van der Waals surface area (Å²) in [6.07, 6.45) is -0.542. The van der Waals surface area contributed by atoms with Gasteiger partial charge < -0.3 is 15.2 Å². The molecule has 0 spiro atoms. The average molecular weight is 209 g/mol. The van der Waals surface area contributed by atoms with E-state index in [0.29, 0.717) is 11.3 Å². The van der Waals surface area contributed by atoms with Gasteiger partial charge in [-0.3, -0.25) is 4.79 Å². The molecule has 2 N–H and O–H groups in total. The lowest BCUT2D eigenvalue weighted by Crippen LogP contribution is -2.30. The third-order valence-corrected chi connectivity index (χ3v) is 1.89. The maximum atomic E-state index is 11.5. The zero-order valence-electron chi connectivity index (χ0n) is 8.86. The van der Waals surface area contributed by atoms with Gasteiger partial charge in [-0.25, -0.2) is 0 Å². The Bertz CT molecular complexity index is 336. The molecule has 0 aliphatic heterocycles. The van der Waals surface area contributed by atoms with Gasteiger partial charge in [0.2, 0.25) is 0 Å². The topological polar surface area (TPSA) is 58.6 Å². The average Bonchev–Trinajstić information content (AvgIpc) is 2.26. The molecule has 1 aromatic carbocycles. The highest BCUT2D eigenvalue weighted by molar-refractivity contribution is 5.94. The van der Waals surface area contributed by atoms with Crippen LogP contribution in [0, 0.1) is 0 Å². The number of methoxy groups -OCH3 is 1. The second kappa shape index (κ2) is 5.36. The van der Waals surface area contributed by atoms with E-state index in [2.05, 4.69) is 5.32 Å². The summed E-state index contributed by atoms with van der Waals surface area (Å²) in [6, 6.07) is 6.86. The molecule has 0 aromatic heterocycles. The van der Waals surface area contributed by atoms with E-state index in [1.54, 1.807) is 38.3 Å². The molecule has 4 nitrogen and oxygen atoms in total. The molecule has 0 fully saturated rings. The van der Waals surface area contributed by atoms with Gasteiger partial charge in [-0.1, -0.05) is 6.07 Å². The first-order valence-corrected chi connectivity index (χ1v) is 4.74. The first kappa shape index (κ1) is 11.5. The zero-order chi connectivity index (χ0) is 11.3. The molecule has 0 bridgehead atoms. The number of hydrogen-bond acceptors (Lipinski definition) is 3. The number of amides is 1. The minimum Gasteiger partial charge on any atom is -0.497 e. The van der Waals surface area contributed by atoms with Crippen molar-refractivity contribution in [3.63, 3.8) is 0 Å². The zero-order valence-corrected chi connectivity index (χ0v) is 8.86. The Balaban J connectivity index is 2.65. The summed E-state index contributed by atoms with van der Waals surface area (Å²) in [5.41, 5.74) is 0.523. The predicted octanol–water partition coefficient (Wildman–Crippen LogP) is 0.806. The maximum Gasteiger partial charge on any atom is 0.251 e. The van der Waals surface area contributed by atoms with Crippen LogP contribution in [0.1, 0.15) is 17.3 Å². The number of aliphatic hydroxyl groups excluding tert-OH is 1. The van der Waals surface area contributed by atoms with E-state index < -0.39 is 6.10 Å². The number of nitrogens with one attached hydrogen (secondary N) is 1. The van der Waals surface area contributed by atoms with Gasteiger partial charge in [0.25, 0.3) is 5.91 Å². The molecule has 4 heteroatoms. The fourth-order valence-corrected chi connectivity index (χ4v) is 1.11. The van der Waals surface area contributed by atoms with Crippen LogP contribution in [0.25, 0.3) is 0 Å². The van der Waals surface area contributed by atoms with Crippen LogP contribution in [0.15, 0.2) is 24.3 Å². The highest BCUT2D eigenvalue weighted by Crippen LogP contribution is 2.12. The summed E-state index contributed by atoms with van der Waals surface area (Å²) in [6.45, 7) is 1.86. The first-order chi connectivity index (χ1) is 7.13. The van der Waals surface area contributed by atoms with Gasteiger partial charge in [-0.2, -0.15) is 0 Å². The van der Waals surface area contributed by atoms with Crippen molar-refractivity contribution < 1.29 is 14.6 Å². The van der Waals surface area contributed by atoms with Gasteiger partial charge in [0.1, 0.15) is 5.75 Å². The Hall–Kier alpha value is -1.55. The summed E-state index contributed by atoms with van der Waals surface area (Å²) < 4.78 is 5.00. The molecule has 0 radical (unpaired) electrons. The normalized spacial score (nSPS) is 11.9. The summed E-state index contributed by atoms with van der Waals surface area (Å²) >= 11 is 0. The van der Waals surface area contributed by atoms with Crippen LogP contribution < -0.4 is 10.1 Å². The molecule has 0 saturated heterocycles. The second-order valence-corrected chi connectivity index (χ2v) is 3.29. The molecule has 1 aromatic rings. The quantitative estimate of drug-likeness (QED) is 0.771. The highest BCUT2D eigenvalue weighted by atomic mass is 16.5. The van der Waals surface area contributed by atoms with Crippen molar-refractivity contribution >= 4 is 5.91 Å². The van der Waals surface area contributed by atoms with E-state index in [1.807, 2.05) is 0 Å². The molecule has 1 unspecified atom stereocenters. The van der Waals surface area contributed by atoms with Crippen LogP contribution >= 0.6 is 0 Å². The van der Waals surface area contributed by atoms with Crippen LogP contribution in [0.3, 0.4) is 0 Å². The van der Waals surface area contributed by atoms with Crippen molar-refractivity contribution in [1.82, 2.24) is 5.32 Å². The van der Waals surface area contributed by atoms with E-state index in [-0.39, 0.29) is 12.5 Å². The van der Waals surface area contributed by atoms with Crippen molar-refractivity contribution in [2.24, 2.45) is 0 Å². The number of rotatable bonds is 4. The Morgan fingerprint density at radius 2 is 2.33 bits per heavy atom. The smallest absolute Gasteiger partial charge is 0.251 e. The molecule has 0 heterocycles. The highest BCUT2D eigenvalue weighted by Gasteiger charge is 2.06.